The summed E-state index contributed by atoms with van der Waals surface area (Å²) in [6.45, 7) is 0. The van der Waals surface area contributed by atoms with Gasteiger partial charge in [-0.15, -0.1) is 11.3 Å². The molecule has 0 amide bonds. The lowest BCUT2D eigenvalue weighted by Gasteiger charge is -2.26. The Hall–Kier alpha value is -7.46. The van der Waals surface area contributed by atoms with Crippen molar-refractivity contribution in [3.8, 4) is 27.9 Å². The third kappa shape index (κ3) is 5.47. The maximum atomic E-state index is 2.42. The zero-order chi connectivity index (χ0) is 38.9. The lowest BCUT2D eigenvalue weighted by Crippen LogP contribution is -2.10. The molecule has 276 valence electrons. The first-order chi connectivity index (χ1) is 29.3. The van der Waals surface area contributed by atoms with Crippen LogP contribution in [0.5, 0.6) is 0 Å². The molecule has 0 N–H and O–H groups in total. The quantitative estimate of drug-likeness (QED) is 0.164. The van der Waals surface area contributed by atoms with Crippen LogP contribution in [0.1, 0.15) is 0 Å². The van der Waals surface area contributed by atoms with Gasteiger partial charge in [-0.2, -0.15) is 0 Å². The molecule has 0 aliphatic rings. The molecule has 0 aliphatic carbocycles. The summed E-state index contributed by atoms with van der Waals surface area (Å²) >= 11 is 1.87. The van der Waals surface area contributed by atoms with Gasteiger partial charge < -0.3 is 9.47 Å². The second kappa shape index (κ2) is 13.6. The summed E-state index contributed by atoms with van der Waals surface area (Å²) < 4.78 is 4.99. The van der Waals surface area contributed by atoms with Crippen molar-refractivity contribution in [3.63, 3.8) is 0 Å². The highest BCUT2D eigenvalue weighted by Gasteiger charge is 2.19. The number of benzene rings is 10. The van der Waals surface area contributed by atoms with Crippen LogP contribution in [0.4, 0.5) is 17.1 Å². The van der Waals surface area contributed by atoms with Gasteiger partial charge in [0.15, 0.2) is 0 Å². The minimum Gasteiger partial charge on any atom is -0.309 e. The Morgan fingerprint density at radius 3 is 1.68 bits per heavy atom. The Kier molecular flexibility index (Phi) is 7.75. The van der Waals surface area contributed by atoms with Crippen LogP contribution in [-0.4, -0.2) is 4.57 Å². The van der Waals surface area contributed by atoms with E-state index in [0.29, 0.717) is 0 Å². The van der Waals surface area contributed by atoms with Crippen molar-refractivity contribution in [3.05, 3.63) is 218 Å². The summed E-state index contributed by atoms with van der Waals surface area (Å²) in [6.07, 6.45) is 0. The molecule has 0 unspecified atom stereocenters. The molecule has 0 atom stereocenters. The monoisotopic (exact) mass is 768 g/mol. The van der Waals surface area contributed by atoms with E-state index < -0.39 is 0 Å². The van der Waals surface area contributed by atoms with Crippen molar-refractivity contribution < 1.29 is 0 Å². The lowest BCUT2D eigenvalue weighted by molar-refractivity contribution is 1.18. The van der Waals surface area contributed by atoms with E-state index >= 15 is 0 Å². The van der Waals surface area contributed by atoms with Crippen LogP contribution in [0.25, 0.3) is 91.5 Å². The van der Waals surface area contributed by atoms with Crippen molar-refractivity contribution >= 4 is 91.9 Å². The molecular weight excluding hydrogens is 733 g/mol. The molecule has 0 fully saturated rings. The molecule has 2 nitrogen and oxygen atoms in total. The van der Waals surface area contributed by atoms with Crippen LogP contribution in [-0.2, 0) is 0 Å². The first kappa shape index (κ1) is 33.7. The fourth-order valence-electron chi connectivity index (χ4n) is 9.23. The molecule has 3 heteroatoms. The fraction of sp³-hybridized carbons (Fsp3) is 0. The van der Waals surface area contributed by atoms with E-state index in [2.05, 4.69) is 228 Å². The summed E-state index contributed by atoms with van der Waals surface area (Å²) in [4.78, 5) is 2.42. The van der Waals surface area contributed by atoms with Gasteiger partial charge in [-0.1, -0.05) is 158 Å². The molecular formula is C56H36N2S. The molecule has 59 heavy (non-hydrogen) atoms. The third-order valence-corrected chi connectivity index (χ3v) is 13.2. The predicted molar refractivity (Wildman–Crippen MR) is 254 cm³/mol. The van der Waals surface area contributed by atoms with E-state index in [4.69, 9.17) is 0 Å². The first-order valence-electron chi connectivity index (χ1n) is 20.2. The highest BCUT2D eigenvalue weighted by molar-refractivity contribution is 7.26. The second-order valence-electron chi connectivity index (χ2n) is 15.3. The predicted octanol–water partition coefficient (Wildman–Crippen LogP) is 16.3. The third-order valence-electron chi connectivity index (χ3n) is 12.0. The van der Waals surface area contributed by atoms with Gasteiger partial charge in [-0.25, -0.2) is 0 Å². The van der Waals surface area contributed by atoms with E-state index in [-0.39, 0.29) is 0 Å². The highest BCUT2D eigenvalue weighted by Crippen LogP contribution is 2.45. The van der Waals surface area contributed by atoms with Crippen molar-refractivity contribution in [1.82, 2.24) is 4.57 Å². The molecule has 10 aromatic carbocycles. The van der Waals surface area contributed by atoms with E-state index in [1.54, 1.807) is 0 Å². The normalized spacial score (nSPS) is 11.7. The molecule has 12 rings (SSSR count). The molecule has 0 radical (unpaired) electrons. The van der Waals surface area contributed by atoms with Crippen LogP contribution in [0.2, 0.25) is 0 Å². The number of hydrogen-bond acceptors (Lipinski definition) is 2. The summed E-state index contributed by atoms with van der Waals surface area (Å²) in [5, 5.41) is 10.2. The van der Waals surface area contributed by atoms with Gasteiger partial charge in [0.1, 0.15) is 0 Å². The van der Waals surface area contributed by atoms with Gasteiger partial charge in [-0.05, 0) is 104 Å². The SMILES string of the molecule is c1ccc2c(-c3ccc(N(c4ccc(-c5ccc(-n6c7ccccc7c7c8ccccc8ccc76)cc5)cc4)c4cccc5c4sc4ccccc45)cc3)cccc2c1. The Labute approximate surface area is 346 Å². The van der Waals surface area contributed by atoms with Crippen LogP contribution in [0.15, 0.2) is 218 Å². The Morgan fingerprint density at radius 2 is 0.915 bits per heavy atom. The zero-order valence-corrected chi connectivity index (χ0v) is 32.9. The fourth-order valence-corrected chi connectivity index (χ4v) is 10.4. The molecule has 12 aromatic rings. The summed E-state index contributed by atoms with van der Waals surface area (Å²) in [5.74, 6) is 0. The highest BCUT2D eigenvalue weighted by atomic mass is 32.1. The average molecular weight is 769 g/mol. The van der Waals surface area contributed by atoms with Gasteiger partial charge in [0.2, 0.25) is 0 Å². The maximum Gasteiger partial charge on any atom is 0.0640 e. The Morgan fingerprint density at radius 1 is 0.356 bits per heavy atom. The van der Waals surface area contributed by atoms with Gasteiger partial charge in [0, 0.05) is 43.3 Å². The van der Waals surface area contributed by atoms with Gasteiger partial charge >= 0.3 is 0 Å². The molecule has 2 aromatic heterocycles. The van der Waals surface area contributed by atoms with E-state index in [0.717, 1.165) is 17.1 Å². The molecule has 0 spiro atoms. The van der Waals surface area contributed by atoms with Crippen molar-refractivity contribution in [1.29, 1.82) is 0 Å². The molecule has 0 saturated carbocycles. The number of fused-ring (bicyclic) bond motifs is 9. The van der Waals surface area contributed by atoms with E-state index in [1.165, 1.54) is 91.5 Å². The largest absolute Gasteiger partial charge is 0.309 e. The van der Waals surface area contributed by atoms with Crippen LogP contribution in [0, 0.1) is 0 Å². The van der Waals surface area contributed by atoms with Crippen molar-refractivity contribution in [2.45, 2.75) is 0 Å². The Balaban J connectivity index is 0.940. The topological polar surface area (TPSA) is 8.17 Å². The van der Waals surface area contributed by atoms with E-state index in [1.807, 2.05) is 11.3 Å². The van der Waals surface area contributed by atoms with Crippen LogP contribution >= 0.6 is 11.3 Å². The smallest absolute Gasteiger partial charge is 0.0640 e. The maximum absolute atomic E-state index is 2.42. The zero-order valence-electron chi connectivity index (χ0n) is 32.1. The van der Waals surface area contributed by atoms with Gasteiger partial charge in [0.05, 0.1) is 21.4 Å². The summed E-state index contributed by atoms with van der Waals surface area (Å²) in [7, 11) is 0. The number of aromatic nitrogens is 1. The standard InChI is InChI=1S/C56H36N2S/c1-3-14-45-39(11-1)13-9-18-46(45)41-27-34-43(35-28-41)57(53-21-10-19-49-48-16-6-8-22-54(48)59-56(49)53)42-30-23-37(24-31-42)38-25-32-44(33-26-38)58-51-20-7-5-17-50(51)55-47-15-4-2-12-40(47)29-36-52(55)58/h1-36H. The summed E-state index contributed by atoms with van der Waals surface area (Å²) in [6, 6.07) is 79.8. The van der Waals surface area contributed by atoms with Crippen LogP contribution < -0.4 is 4.90 Å². The number of anilines is 3. The van der Waals surface area contributed by atoms with Gasteiger partial charge in [0.25, 0.3) is 0 Å². The minimum absolute atomic E-state index is 1.12. The minimum atomic E-state index is 1.12. The number of para-hydroxylation sites is 1. The number of thiophene rings is 1. The lowest BCUT2D eigenvalue weighted by atomic mass is 9.98. The van der Waals surface area contributed by atoms with Gasteiger partial charge in [-0.3, -0.25) is 0 Å². The molecule has 0 saturated heterocycles. The Bertz CT molecular complexity index is 3530. The molecule has 2 heterocycles. The van der Waals surface area contributed by atoms with E-state index in [9.17, 15) is 0 Å². The van der Waals surface area contributed by atoms with Crippen LogP contribution in [0.3, 0.4) is 0 Å². The number of hydrogen-bond donors (Lipinski definition) is 0. The molecule has 0 aliphatic heterocycles. The second-order valence-corrected chi connectivity index (χ2v) is 16.3. The number of rotatable bonds is 6. The summed E-state index contributed by atoms with van der Waals surface area (Å²) in [5.41, 5.74) is 11.8. The number of nitrogens with zero attached hydrogens (tertiary/aromatic N) is 2. The van der Waals surface area contributed by atoms with Crippen molar-refractivity contribution in [2.24, 2.45) is 0 Å². The first-order valence-corrected chi connectivity index (χ1v) is 21.0. The average Bonchev–Trinajstić information content (AvgIpc) is 3.86. The van der Waals surface area contributed by atoms with Crippen molar-refractivity contribution in [2.75, 3.05) is 4.90 Å². The molecule has 0 bridgehead atoms.